The number of anilines is 1. The lowest BCUT2D eigenvalue weighted by Crippen LogP contribution is -2.51. The first kappa shape index (κ1) is 24.1. The predicted molar refractivity (Wildman–Crippen MR) is 125 cm³/mol. The van der Waals surface area contributed by atoms with Crippen molar-refractivity contribution in [3.63, 3.8) is 0 Å². The van der Waals surface area contributed by atoms with Crippen LogP contribution in [-0.2, 0) is 11.6 Å². The molecule has 0 saturated heterocycles. The molecule has 0 aromatic heterocycles. The zero-order chi connectivity index (χ0) is 23.7. The molecule has 2 aromatic rings. The molecule has 3 rings (SSSR count). The van der Waals surface area contributed by atoms with Gasteiger partial charge in [0.15, 0.2) is 0 Å². The van der Waals surface area contributed by atoms with Crippen molar-refractivity contribution in [2.45, 2.75) is 62.6 Å². The number of nitrogens with zero attached hydrogens (tertiary/aromatic N) is 1. The molecular formula is C25H28F3N3S. The summed E-state index contributed by atoms with van der Waals surface area (Å²) in [6.07, 6.45) is -3.08. The Bertz CT molecular complexity index is 1020. The lowest BCUT2D eigenvalue weighted by atomic mass is 9.70. The highest BCUT2D eigenvalue weighted by Gasteiger charge is 2.41. The lowest BCUT2D eigenvalue weighted by Gasteiger charge is -2.44. The van der Waals surface area contributed by atoms with Gasteiger partial charge in [0.25, 0.3) is 0 Å². The minimum atomic E-state index is -4.44. The third-order valence-electron chi connectivity index (χ3n) is 5.70. The van der Waals surface area contributed by atoms with Crippen LogP contribution in [0, 0.1) is 17.2 Å². The first-order valence-corrected chi connectivity index (χ1v) is 11.2. The smallest absolute Gasteiger partial charge is 0.380 e. The molecule has 0 heterocycles. The molecule has 2 N–H and O–H groups in total. The maximum atomic E-state index is 13.3. The minimum Gasteiger partial charge on any atom is -0.380 e. The molecule has 7 heteroatoms. The van der Waals surface area contributed by atoms with E-state index in [9.17, 15) is 13.2 Å². The normalized spacial score (nSPS) is 20.8. The number of hydrogen-bond acceptors (Lipinski definition) is 4. The van der Waals surface area contributed by atoms with Crippen LogP contribution in [0.5, 0.6) is 0 Å². The summed E-state index contributed by atoms with van der Waals surface area (Å²) in [5.74, 6) is -0.00266. The van der Waals surface area contributed by atoms with Crippen LogP contribution in [0.15, 0.2) is 53.9 Å². The maximum Gasteiger partial charge on any atom is 0.416 e. The molecule has 32 heavy (non-hydrogen) atoms. The summed E-state index contributed by atoms with van der Waals surface area (Å²) >= 11 is 1.26. The Morgan fingerprint density at radius 2 is 1.69 bits per heavy atom. The third kappa shape index (κ3) is 5.60. The molecule has 2 aromatic carbocycles. The number of benzene rings is 2. The Kier molecular flexibility index (Phi) is 6.57. The van der Waals surface area contributed by atoms with Gasteiger partial charge in [0.2, 0.25) is 0 Å². The Hall–Kier alpha value is -2.59. The van der Waals surface area contributed by atoms with Crippen LogP contribution in [0.2, 0.25) is 0 Å². The molecule has 0 radical (unpaired) electrons. The van der Waals surface area contributed by atoms with E-state index in [2.05, 4.69) is 43.5 Å². The predicted octanol–water partition coefficient (Wildman–Crippen LogP) is 7.37. The van der Waals surface area contributed by atoms with Crippen molar-refractivity contribution in [2.75, 3.05) is 4.72 Å². The van der Waals surface area contributed by atoms with Gasteiger partial charge in [0, 0.05) is 21.7 Å². The van der Waals surface area contributed by atoms with E-state index in [1.165, 1.54) is 23.6 Å². The SMILES string of the molecule is C=C(NC1(C)CC(C#N)C1)c1ccc(C(F)(F)F)cc1NSc1ccc(C(C)(C)C)cc1. The Morgan fingerprint density at radius 1 is 1.09 bits per heavy atom. The molecule has 0 unspecified atom stereocenters. The quantitative estimate of drug-likeness (QED) is 0.443. The van der Waals surface area contributed by atoms with Crippen LogP contribution in [0.3, 0.4) is 0 Å². The van der Waals surface area contributed by atoms with Gasteiger partial charge >= 0.3 is 6.18 Å². The summed E-state index contributed by atoms with van der Waals surface area (Å²) in [6, 6.07) is 13.8. The van der Waals surface area contributed by atoms with Crippen LogP contribution in [0.1, 0.15) is 57.2 Å². The maximum absolute atomic E-state index is 13.3. The second-order valence-electron chi connectivity index (χ2n) is 9.64. The van der Waals surface area contributed by atoms with Crippen LogP contribution < -0.4 is 10.0 Å². The number of hydrogen-bond donors (Lipinski definition) is 2. The van der Waals surface area contributed by atoms with Gasteiger partial charge in [0.05, 0.1) is 23.2 Å². The fourth-order valence-corrected chi connectivity index (χ4v) is 4.53. The second kappa shape index (κ2) is 8.74. The van der Waals surface area contributed by atoms with Gasteiger partial charge in [-0.2, -0.15) is 18.4 Å². The number of rotatable bonds is 6. The van der Waals surface area contributed by atoms with E-state index >= 15 is 0 Å². The van der Waals surface area contributed by atoms with Gasteiger partial charge in [-0.1, -0.05) is 45.5 Å². The summed E-state index contributed by atoms with van der Waals surface area (Å²) in [4.78, 5) is 0.891. The highest BCUT2D eigenvalue weighted by Crippen LogP contribution is 2.40. The highest BCUT2D eigenvalue weighted by atomic mass is 32.2. The van der Waals surface area contributed by atoms with E-state index < -0.39 is 11.7 Å². The summed E-state index contributed by atoms with van der Waals surface area (Å²) in [5.41, 5.74) is 1.64. The number of halogens is 3. The average molecular weight is 460 g/mol. The highest BCUT2D eigenvalue weighted by molar-refractivity contribution is 8.00. The first-order valence-electron chi connectivity index (χ1n) is 10.4. The molecule has 0 aliphatic heterocycles. The topological polar surface area (TPSA) is 47.9 Å². The van der Waals surface area contributed by atoms with Gasteiger partial charge in [-0.15, -0.1) is 0 Å². The van der Waals surface area contributed by atoms with Gasteiger partial charge in [0.1, 0.15) is 0 Å². The van der Waals surface area contributed by atoms with Crippen molar-refractivity contribution in [1.82, 2.24) is 5.32 Å². The largest absolute Gasteiger partial charge is 0.416 e. The van der Waals surface area contributed by atoms with Crippen molar-refractivity contribution in [3.05, 3.63) is 65.7 Å². The van der Waals surface area contributed by atoms with Crippen molar-refractivity contribution in [3.8, 4) is 6.07 Å². The van der Waals surface area contributed by atoms with Crippen LogP contribution in [-0.4, -0.2) is 5.54 Å². The van der Waals surface area contributed by atoms with E-state index in [0.29, 0.717) is 29.8 Å². The molecule has 1 aliphatic carbocycles. The average Bonchev–Trinajstić information content (AvgIpc) is 2.69. The minimum absolute atomic E-state index is 0.00266. The van der Waals surface area contributed by atoms with E-state index in [0.717, 1.165) is 17.0 Å². The van der Waals surface area contributed by atoms with Gasteiger partial charge in [-0.3, -0.25) is 0 Å². The summed E-state index contributed by atoms with van der Waals surface area (Å²) in [7, 11) is 0. The molecule has 1 saturated carbocycles. The molecule has 1 fully saturated rings. The third-order valence-corrected chi connectivity index (χ3v) is 6.53. The van der Waals surface area contributed by atoms with E-state index in [-0.39, 0.29) is 16.9 Å². The molecule has 3 nitrogen and oxygen atoms in total. The second-order valence-corrected chi connectivity index (χ2v) is 10.5. The van der Waals surface area contributed by atoms with Crippen molar-refractivity contribution in [1.29, 1.82) is 5.26 Å². The fourth-order valence-electron chi connectivity index (χ4n) is 3.86. The van der Waals surface area contributed by atoms with Gasteiger partial charge in [-0.05, 0) is 67.0 Å². The number of nitriles is 1. The van der Waals surface area contributed by atoms with E-state index in [1.54, 1.807) is 0 Å². The van der Waals surface area contributed by atoms with E-state index in [4.69, 9.17) is 5.26 Å². The number of nitrogens with one attached hydrogen (secondary N) is 2. The zero-order valence-corrected chi connectivity index (χ0v) is 19.5. The molecule has 0 amide bonds. The monoisotopic (exact) mass is 459 g/mol. The standard InChI is InChI=1S/C25H28F3N3S/c1-16(30-24(5)13-17(14-24)15-29)21-11-8-19(25(26,27)28)12-22(21)31-32-20-9-6-18(7-10-20)23(2,3)4/h6-12,17,30-31H,1,13-14H2,2-5H3. The van der Waals surface area contributed by atoms with Crippen LogP contribution in [0.4, 0.5) is 18.9 Å². The molecular weight excluding hydrogens is 431 g/mol. The van der Waals surface area contributed by atoms with Crippen molar-refractivity contribution >= 4 is 23.3 Å². The molecule has 1 aliphatic rings. The zero-order valence-electron chi connectivity index (χ0n) is 18.7. The Labute approximate surface area is 192 Å². The van der Waals surface area contributed by atoms with E-state index in [1.807, 2.05) is 31.2 Å². The Morgan fingerprint density at radius 3 is 2.22 bits per heavy atom. The molecule has 0 bridgehead atoms. The lowest BCUT2D eigenvalue weighted by molar-refractivity contribution is -0.137. The summed E-state index contributed by atoms with van der Waals surface area (Å²) in [5, 5.41) is 12.4. The van der Waals surface area contributed by atoms with Crippen LogP contribution >= 0.6 is 11.9 Å². The van der Waals surface area contributed by atoms with Crippen molar-refractivity contribution in [2.24, 2.45) is 5.92 Å². The molecule has 0 atom stereocenters. The summed E-state index contributed by atoms with van der Waals surface area (Å²) in [6.45, 7) is 12.4. The van der Waals surface area contributed by atoms with Crippen LogP contribution in [0.25, 0.3) is 5.70 Å². The molecule has 0 spiro atoms. The Balaban J connectivity index is 1.81. The number of alkyl halides is 3. The first-order chi connectivity index (χ1) is 14.8. The van der Waals surface area contributed by atoms with Gasteiger partial charge < -0.3 is 10.0 Å². The van der Waals surface area contributed by atoms with Gasteiger partial charge in [-0.25, -0.2) is 0 Å². The fraction of sp³-hybridized carbons (Fsp3) is 0.400. The molecule has 170 valence electrons. The summed E-state index contributed by atoms with van der Waals surface area (Å²) < 4.78 is 43.1. The van der Waals surface area contributed by atoms with Crippen molar-refractivity contribution < 1.29 is 13.2 Å².